The van der Waals surface area contributed by atoms with Crippen LogP contribution in [0.25, 0.3) is 0 Å². The second-order valence-electron chi connectivity index (χ2n) is 6.41. The molecule has 2 amide bonds. The molecule has 0 aromatic heterocycles. The standard InChI is InChI=1S/C18H28N2O/c1-14-8-6-7-11-17(14)20-18(21)19-15(2)12-13-16-9-4-3-5-10-16/h3-5,9-10,14-15,17H,6-8,11-13H2,1-2H3,(H2,19,20,21)/t14-,15-,17-/m1/s1. The summed E-state index contributed by atoms with van der Waals surface area (Å²) in [5, 5.41) is 6.22. The summed E-state index contributed by atoms with van der Waals surface area (Å²) in [4.78, 5) is 12.1. The van der Waals surface area contributed by atoms with Gasteiger partial charge in [-0.1, -0.05) is 50.1 Å². The van der Waals surface area contributed by atoms with Crippen molar-refractivity contribution >= 4 is 6.03 Å². The number of carbonyl (C=O) groups is 1. The molecule has 1 aromatic rings. The summed E-state index contributed by atoms with van der Waals surface area (Å²) in [6, 6.07) is 11.0. The van der Waals surface area contributed by atoms with Gasteiger partial charge in [-0.15, -0.1) is 0 Å². The van der Waals surface area contributed by atoms with Crippen molar-refractivity contribution in [3.8, 4) is 0 Å². The van der Waals surface area contributed by atoms with Crippen LogP contribution in [0.3, 0.4) is 0 Å². The van der Waals surface area contributed by atoms with Gasteiger partial charge < -0.3 is 10.6 Å². The number of nitrogens with one attached hydrogen (secondary N) is 2. The van der Waals surface area contributed by atoms with Crippen molar-refractivity contribution in [1.82, 2.24) is 10.6 Å². The zero-order valence-electron chi connectivity index (χ0n) is 13.3. The smallest absolute Gasteiger partial charge is 0.315 e. The third-order valence-corrected chi connectivity index (χ3v) is 4.51. The van der Waals surface area contributed by atoms with Crippen molar-refractivity contribution in [3.63, 3.8) is 0 Å². The van der Waals surface area contributed by atoms with E-state index < -0.39 is 0 Å². The van der Waals surface area contributed by atoms with Gasteiger partial charge in [0.1, 0.15) is 0 Å². The fraction of sp³-hybridized carbons (Fsp3) is 0.611. The Morgan fingerprint density at radius 1 is 1.24 bits per heavy atom. The fourth-order valence-electron chi connectivity index (χ4n) is 3.06. The van der Waals surface area contributed by atoms with Gasteiger partial charge in [-0.2, -0.15) is 0 Å². The Morgan fingerprint density at radius 3 is 2.67 bits per heavy atom. The molecule has 1 saturated carbocycles. The van der Waals surface area contributed by atoms with Gasteiger partial charge in [-0.3, -0.25) is 0 Å². The van der Waals surface area contributed by atoms with Gasteiger partial charge in [-0.25, -0.2) is 4.79 Å². The SMILES string of the molecule is C[C@H](CCc1ccccc1)NC(=O)N[C@@H]1CCCC[C@H]1C. The zero-order chi connectivity index (χ0) is 15.1. The maximum absolute atomic E-state index is 12.1. The molecule has 2 N–H and O–H groups in total. The summed E-state index contributed by atoms with van der Waals surface area (Å²) in [6.45, 7) is 4.32. The van der Waals surface area contributed by atoms with E-state index in [0.29, 0.717) is 12.0 Å². The highest BCUT2D eigenvalue weighted by atomic mass is 16.2. The summed E-state index contributed by atoms with van der Waals surface area (Å²) in [6.07, 6.45) is 6.86. The number of benzene rings is 1. The predicted molar refractivity (Wildman–Crippen MR) is 87.3 cm³/mol. The molecule has 0 radical (unpaired) electrons. The molecule has 0 heterocycles. The van der Waals surface area contributed by atoms with Crippen molar-refractivity contribution in [2.45, 2.75) is 64.5 Å². The predicted octanol–water partition coefficient (Wildman–Crippen LogP) is 3.89. The van der Waals surface area contributed by atoms with Gasteiger partial charge in [0.15, 0.2) is 0 Å². The average molecular weight is 288 g/mol. The average Bonchev–Trinajstić information content (AvgIpc) is 2.48. The fourth-order valence-corrected chi connectivity index (χ4v) is 3.06. The van der Waals surface area contributed by atoms with Gasteiger partial charge >= 0.3 is 6.03 Å². The molecule has 1 fully saturated rings. The number of urea groups is 1. The second kappa shape index (κ2) is 8.06. The molecule has 0 bridgehead atoms. The van der Waals surface area contributed by atoms with E-state index in [1.54, 1.807) is 0 Å². The third-order valence-electron chi connectivity index (χ3n) is 4.51. The number of amides is 2. The number of carbonyl (C=O) groups excluding carboxylic acids is 1. The van der Waals surface area contributed by atoms with E-state index in [1.807, 2.05) is 6.07 Å². The molecular weight excluding hydrogens is 260 g/mol. The maximum Gasteiger partial charge on any atom is 0.315 e. The summed E-state index contributed by atoms with van der Waals surface area (Å²) in [7, 11) is 0. The lowest BCUT2D eigenvalue weighted by molar-refractivity contribution is 0.218. The van der Waals surface area contributed by atoms with Crippen LogP contribution in [0.15, 0.2) is 30.3 Å². The number of aryl methyl sites for hydroxylation is 1. The lowest BCUT2D eigenvalue weighted by atomic mass is 9.86. The number of hydrogen-bond donors (Lipinski definition) is 2. The molecule has 3 nitrogen and oxygen atoms in total. The Balaban J connectivity index is 1.69. The second-order valence-corrected chi connectivity index (χ2v) is 6.41. The van der Waals surface area contributed by atoms with E-state index in [-0.39, 0.29) is 12.1 Å². The number of hydrogen-bond acceptors (Lipinski definition) is 1. The molecule has 21 heavy (non-hydrogen) atoms. The first-order chi connectivity index (χ1) is 10.1. The van der Waals surface area contributed by atoms with Crippen LogP contribution in [-0.2, 0) is 6.42 Å². The molecule has 116 valence electrons. The minimum atomic E-state index is -0.00527. The monoisotopic (exact) mass is 288 g/mol. The van der Waals surface area contributed by atoms with Crippen LogP contribution in [0.2, 0.25) is 0 Å². The van der Waals surface area contributed by atoms with Crippen molar-refractivity contribution < 1.29 is 4.79 Å². The lowest BCUT2D eigenvalue weighted by Crippen LogP contribution is -2.48. The van der Waals surface area contributed by atoms with Gasteiger partial charge in [0.25, 0.3) is 0 Å². The van der Waals surface area contributed by atoms with E-state index in [0.717, 1.165) is 19.3 Å². The Morgan fingerprint density at radius 2 is 1.95 bits per heavy atom. The van der Waals surface area contributed by atoms with Crippen LogP contribution in [0, 0.1) is 5.92 Å². The molecule has 2 rings (SSSR count). The Kier molecular flexibility index (Phi) is 6.09. The molecule has 0 aliphatic heterocycles. The van der Waals surface area contributed by atoms with E-state index in [9.17, 15) is 4.79 Å². The first kappa shape index (κ1) is 15.9. The van der Waals surface area contributed by atoms with Gasteiger partial charge in [-0.05, 0) is 44.1 Å². The van der Waals surface area contributed by atoms with Crippen molar-refractivity contribution in [1.29, 1.82) is 0 Å². The van der Waals surface area contributed by atoms with E-state index >= 15 is 0 Å². The highest BCUT2D eigenvalue weighted by Gasteiger charge is 2.23. The highest BCUT2D eigenvalue weighted by molar-refractivity contribution is 5.74. The van der Waals surface area contributed by atoms with Crippen LogP contribution in [0.5, 0.6) is 0 Å². The van der Waals surface area contributed by atoms with Gasteiger partial charge in [0.2, 0.25) is 0 Å². The first-order valence-electron chi connectivity index (χ1n) is 8.26. The summed E-state index contributed by atoms with van der Waals surface area (Å²) >= 11 is 0. The molecule has 1 aromatic carbocycles. The lowest BCUT2D eigenvalue weighted by Gasteiger charge is -2.30. The van der Waals surface area contributed by atoms with Gasteiger partial charge in [0, 0.05) is 12.1 Å². The van der Waals surface area contributed by atoms with Crippen molar-refractivity contribution in [2.24, 2.45) is 5.92 Å². The van der Waals surface area contributed by atoms with Crippen LogP contribution < -0.4 is 10.6 Å². The molecule has 0 spiro atoms. The topological polar surface area (TPSA) is 41.1 Å². The number of rotatable bonds is 5. The summed E-state index contributed by atoms with van der Waals surface area (Å²) < 4.78 is 0. The normalized spacial score (nSPS) is 23.3. The Hall–Kier alpha value is -1.51. The quantitative estimate of drug-likeness (QED) is 0.848. The van der Waals surface area contributed by atoms with E-state index in [2.05, 4.69) is 48.7 Å². The largest absolute Gasteiger partial charge is 0.336 e. The molecule has 1 aliphatic carbocycles. The van der Waals surface area contributed by atoms with Crippen molar-refractivity contribution in [3.05, 3.63) is 35.9 Å². The molecule has 0 saturated heterocycles. The first-order valence-corrected chi connectivity index (χ1v) is 8.26. The van der Waals surface area contributed by atoms with E-state index in [1.165, 1.54) is 24.8 Å². The maximum atomic E-state index is 12.1. The Labute approximate surface area is 128 Å². The zero-order valence-corrected chi connectivity index (χ0v) is 13.3. The van der Waals surface area contributed by atoms with Crippen LogP contribution in [0.1, 0.15) is 51.5 Å². The minimum absolute atomic E-state index is 0.00527. The third kappa shape index (κ3) is 5.41. The van der Waals surface area contributed by atoms with Crippen LogP contribution >= 0.6 is 0 Å². The minimum Gasteiger partial charge on any atom is -0.336 e. The Bertz CT molecular complexity index is 432. The molecule has 1 aliphatic rings. The summed E-state index contributed by atoms with van der Waals surface area (Å²) in [5.41, 5.74) is 1.33. The van der Waals surface area contributed by atoms with Crippen LogP contribution in [0.4, 0.5) is 4.79 Å². The molecule has 3 heteroatoms. The van der Waals surface area contributed by atoms with Crippen molar-refractivity contribution in [2.75, 3.05) is 0 Å². The van der Waals surface area contributed by atoms with E-state index in [4.69, 9.17) is 0 Å². The molecule has 0 unspecified atom stereocenters. The molecule has 3 atom stereocenters. The highest BCUT2D eigenvalue weighted by Crippen LogP contribution is 2.23. The van der Waals surface area contributed by atoms with Crippen LogP contribution in [-0.4, -0.2) is 18.1 Å². The molecular formula is C18H28N2O. The summed E-state index contributed by atoms with van der Waals surface area (Å²) in [5.74, 6) is 0.601. The van der Waals surface area contributed by atoms with Gasteiger partial charge in [0.05, 0.1) is 0 Å².